The van der Waals surface area contributed by atoms with Gasteiger partial charge in [0.05, 0.1) is 12.0 Å². The summed E-state index contributed by atoms with van der Waals surface area (Å²) in [6, 6.07) is 10.4. The normalized spacial score (nSPS) is 11.7. The highest BCUT2D eigenvalue weighted by Gasteiger charge is 2.18. The Labute approximate surface area is 167 Å². The van der Waals surface area contributed by atoms with Gasteiger partial charge in [-0.25, -0.2) is 8.42 Å². The molecule has 0 radical (unpaired) electrons. The molecule has 1 heterocycles. The summed E-state index contributed by atoms with van der Waals surface area (Å²) < 4.78 is 38.7. The number of pyridine rings is 1. The third-order valence-electron chi connectivity index (χ3n) is 4.03. The number of hydrogen-bond acceptors (Lipinski definition) is 6. The van der Waals surface area contributed by atoms with Gasteiger partial charge in [0.2, 0.25) is 11.8 Å². The van der Waals surface area contributed by atoms with Gasteiger partial charge in [-0.15, -0.1) is 0 Å². The molecule has 0 saturated carbocycles. The number of nitrogens with zero attached hydrogens (tertiary/aromatic N) is 1. The first-order chi connectivity index (χ1) is 13.2. The summed E-state index contributed by atoms with van der Waals surface area (Å²) in [6.45, 7) is 9.35. The third kappa shape index (κ3) is 6.10. The zero-order chi connectivity index (χ0) is 20.7. The van der Waals surface area contributed by atoms with Crippen molar-refractivity contribution in [2.45, 2.75) is 44.6 Å². The quantitative estimate of drug-likeness (QED) is 0.587. The Morgan fingerprint density at radius 2 is 1.71 bits per heavy atom. The van der Waals surface area contributed by atoms with Crippen LogP contribution in [-0.4, -0.2) is 39.7 Å². The number of benzene rings is 1. The van der Waals surface area contributed by atoms with Crippen LogP contribution in [0, 0.1) is 0 Å². The summed E-state index contributed by atoms with van der Waals surface area (Å²) in [5.41, 5.74) is 1.33. The van der Waals surface area contributed by atoms with Crippen LogP contribution in [0.2, 0.25) is 0 Å². The van der Waals surface area contributed by atoms with E-state index in [-0.39, 0.29) is 16.5 Å². The van der Waals surface area contributed by atoms with Crippen molar-refractivity contribution in [1.29, 1.82) is 0 Å². The van der Waals surface area contributed by atoms with Crippen molar-refractivity contribution < 1.29 is 17.9 Å². The second-order valence-corrected chi connectivity index (χ2v) is 8.68. The van der Waals surface area contributed by atoms with E-state index in [2.05, 4.69) is 42.7 Å². The molecule has 2 aromatic rings. The lowest BCUT2D eigenvalue weighted by molar-refractivity contribution is 0.291. The third-order valence-corrected chi connectivity index (χ3v) is 5.42. The van der Waals surface area contributed by atoms with Crippen molar-refractivity contribution in [2.24, 2.45) is 0 Å². The van der Waals surface area contributed by atoms with Crippen LogP contribution in [0.15, 0.2) is 41.3 Å². The number of methoxy groups -OCH3 is 1. The molecule has 0 atom stereocenters. The van der Waals surface area contributed by atoms with Crippen LogP contribution >= 0.6 is 0 Å². The van der Waals surface area contributed by atoms with E-state index in [4.69, 9.17) is 9.47 Å². The molecule has 2 rings (SSSR count). The van der Waals surface area contributed by atoms with Crippen molar-refractivity contribution in [2.75, 3.05) is 25.0 Å². The Bertz CT molecular complexity index is 866. The van der Waals surface area contributed by atoms with Crippen LogP contribution in [0.4, 0.5) is 5.69 Å². The van der Waals surface area contributed by atoms with Gasteiger partial charge in [-0.3, -0.25) is 4.72 Å². The Balaban J connectivity index is 2.11. The van der Waals surface area contributed by atoms with E-state index >= 15 is 0 Å². The number of sulfonamides is 1. The summed E-state index contributed by atoms with van der Waals surface area (Å²) >= 11 is 0. The second kappa shape index (κ2) is 9.75. The van der Waals surface area contributed by atoms with Crippen molar-refractivity contribution in [1.82, 2.24) is 10.3 Å². The van der Waals surface area contributed by atoms with Gasteiger partial charge in [-0.05, 0) is 29.7 Å². The maximum Gasteiger partial charge on any atom is 0.262 e. The Hall–Kier alpha value is -2.32. The fourth-order valence-corrected chi connectivity index (χ4v) is 3.53. The number of ether oxygens (including phenoxy) is 2. The minimum atomic E-state index is -3.75. The van der Waals surface area contributed by atoms with E-state index in [1.807, 2.05) is 12.1 Å². The van der Waals surface area contributed by atoms with Crippen LogP contribution in [-0.2, 0) is 10.0 Å². The van der Waals surface area contributed by atoms with Crippen LogP contribution < -0.4 is 19.5 Å². The van der Waals surface area contributed by atoms with Gasteiger partial charge in [-0.2, -0.15) is 4.98 Å². The molecular weight excluding hydrogens is 378 g/mol. The zero-order valence-electron chi connectivity index (χ0n) is 17.0. The molecule has 0 amide bonds. The Kier molecular flexibility index (Phi) is 7.65. The van der Waals surface area contributed by atoms with E-state index in [9.17, 15) is 8.42 Å². The van der Waals surface area contributed by atoms with Gasteiger partial charge in [0.25, 0.3) is 10.0 Å². The fraction of sp³-hybridized carbons (Fsp3) is 0.450. The van der Waals surface area contributed by atoms with Crippen LogP contribution in [0.3, 0.4) is 0 Å². The summed E-state index contributed by atoms with van der Waals surface area (Å²) in [6.07, 6.45) is 0. The molecule has 0 aliphatic carbocycles. The molecule has 0 aliphatic heterocycles. The van der Waals surface area contributed by atoms with E-state index in [1.54, 1.807) is 24.3 Å². The van der Waals surface area contributed by atoms with Crippen LogP contribution in [0.25, 0.3) is 0 Å². The highest BCUT2D eigenvalue weighted by atomic mass is 32.2. The SMILES string of the molecule is COc1nc(OCCNC(C)C)ccc1NS(=O)(=O)c1ccc(C(C)C)cc1. The zero-order valence-corrected chi connectivity index (χ0v) is 17.8. The molecule has 154 valence electrons. The highest BCUT2D eigenvalue weighted by Crippen LogP contribution is 2.28. The van der Waals surface area contributed by atoms with E-state index < -0.39 is 10.0 Å². The molecule has 0 fully saturated rings. The van der Waals surface area contributed by atoms with Gasteiger partial charge < -0.3 is 14.8 Å². The monoisotopic (exact) mass is 407 g/mol. The van der Waals surface area contributed by atoms with Crippen molar-refractivity contribution in [3.05, 3.63) is 42.0 Å². The average Bonchev–Trinajstić information content (AvgIpc) is 2.65. The molecule has 0 spiro atoms. The largest absolute Gasteiger partial charge is 0.479 e. The minimum Gasteiger partial charge on any atom is -0.479 e. The summed E-state index contributed by atoms with van der Waals surface area (Å²) in [5.74, 6) is 0.848. The van der Waals surface area contributed by atoms with Crippen LogP contribution in [0.1, 0.15) is 39.2 Å². The van der Waals surface area contributed by atoms with E-state index in [0.29, 0.717) is 31.0 Å². The molecule has 8 heteroatoms. The number of hydrogen-bond donors (Lipinski definition) is 2. The van der Waals surface area contributed by atoms with Crippen molar-refractivity contribution in [3.8, 4) is 11.8 Å². The van der Waals surface area contributed by atoms with Gasteiger partial charge >= 0.3 is 0 Å². The maximum absolute atomic E-state index is 12.7. The van der Waals surface area contributed by atoms with Gasteiger partial charge in [0.1, 0.15) is 12.3 Å². The molecule has 0 bridgehead atoms. The molecular formula is C20H29N3O4S. The van der Waals surface area contributed by atoms with Crippen molar-refractivity contribution in [3.63, 3.8) is 0 Å². The molecule has 28 heavy (non-hydrogen) atoms. The van der Waals surface area contributed by atoms with Gasteiger partial charge in [-0.1, -0.05) is 39.8 Å². The predicted molar refractivity (Wildman–Crippen MR) is 111 cm³/mol. The van der Waals surface area contributed by atoms with E-state index in [0.717, 1.165) is 5.56 Å². The van der Waals surface area contributed by atoms with Crippen LogP contribution in [0.5, 0.6) is 11.8 Å². The smallest absolute Gasteiger partial charge is 0.262 e. The lowest BCUT2D eigenvalue weighted by atomic mass is 10.0. The molecule has 0 unspecified atom stereocenters. The second-order valence-electron chi connectivity index (χ2n) is 6.99. The van der Waals surface area contributed by atoms with Gasteiger partial charge in [0, 0.05) is 18.7 Å². The Morgan fingerprint density at radius 1 is 1.04 bits per heavy atom. The maximum atomic E-state index is 12.7. The minimum absolute atomic E-state index is 0.150. The molecule has 2 N–H and O–H groups in total. The average molecular weight is 408 g/mol. The highest BCUT2D eigenvalue weighted by molar-refractivity contribution is 7.92. The lowest BCUT2D eigenvalue weighted by Crippen LogP contribution is -2.27. The fourth-order valence-electron chi connectivity index (χ4n) is 2.48. The summed E-state index contributed by atoms with van der Waals surface area (Å²) in [5, 5.41) is 3.24. The molecule has 1 aromatic carbocycles. The molecule has 7 nitrogen and oxygen atoms in total. The molecule has 0 saturated heterocycles. The first kappa shape index (κ1) is 22.0. The molecule has 0 aliphatic rings. The lowest BCUT2D eigenvalue weighted by Gasteiger charge is -2.14. The first-order valence-electron chi connectivity index (χ1n) is 9.27. The number of nitrogens with one attached hydrogen (secondary N) is 2. The van der Waals surface area contributed by atoms with E-state index in [1.165, 1.54) is 7.11 Å². The number of rotatable bonds is 10. The standard InChI is InChI=1S/C20H29N3O4S/c1-14(2)16-6-8-17(9-7-16)28(24,25)23-18-10-11-19(22-20(18)26-5)27-13-12-21-15(3)4/h6-11,14-15,21,23H,12-13H2,1-5H3. The predicted octanol–water partition coefficient (Wildman–Crippen LogP) is 3.39. The summed E-state index contributed by atoms with van der Waals surface area (Å²) in [7, 11) is -2.32. The van der Waals surface area contributed by atoms with Gasteiger partial charge in [0.15, 0.2) is 0 Å². The number of anilines is 1. The topological polar surface area (TPSA) is 89.6 Å². The number of aromatic nitrogens is 1. The Morgan fingerprint density at radius 3 is 2.29 bits per heavy atom. The first-order valence-corrected chi connectivity index (χ1v) is 10.7. The van der Waals surface area contributed by atoms with Crippen molar-refractivity contribution >= 4 is 15.7 Å². The summed E-state index contributed by atoms with van der Waals surface area (Å²) in [4.78, 5) is 4.40. The molecule has 1 aromatic heterocycles.